The molecule has 2 rings (SSSR count). The maximum Gasteiger partial charge on any atom is 0.303 e. The Bertz CT molecular complexity index is 549. The van der Waals surface area contributed by atoms with E-state index in [-0.39, 0.29) is 23.1 Å². The molecule has 21 heavy (non-hydrogen) atoms. The lowest BCUT2D eigenvalue weighted by Crippen LogP contribution is -2.35. The summed E-state index contributed by atoms with van der Waals surface area (Å²) in [4.78, 5) is 29.3. The van der Waals surface area contributed by atoms with Crippen LogP contribution in [0.3, 0.4) is 0 Å². The van der Waals surface area contributed by atoms with Crippen LogP contribution in [0.4, 0.5) is 5.82 Å². The quantitative estimate of drug-likeness (QED) is 0.736. The van der Waals surface area contributed by atoms with Crippen LogP contribution < -0.4 is 15.6 Å². The lowest BCUT2D eigenvalue weighted by molar-refractivity contribution is -0.140. The molecule has 7 nitrogen and oxygen atoms in total. The topological polar surface area (TPSA) is 104 Å². The van der Waals surface area contributed by atoms with Crippen molar-refractivity contribution in [3.8, 4) is 5.75 Å². The lowest BCUT2D eigenvalue weighted by Gasteiger charge is -2.36. The third-order valence-corrected chi connectivity index (χ3v) is 4.09. The second-order valence-electron chi connectivity index (χ2n) is 5.60. The Morgan fingerprint density at radius 2 is 2.19 bits per heavy atom. The summed E-state index contributed by atoms with van der Waals surface area (Å²) in [7, 11) is 1.41. The van der Waals surface area contributed by atoms with Gasteiger partial charge in [0, 0.05) is 6.54 Å². The summed E-state index contributed by atoms with van der Waals surface area (Å²) < 4.78 is 5.04. The average Bonchev–Trinajstić information content (AvgIpc) is 2.45. The number of aromatic amines is 1. The summed E-state index contributed by atoms with van der Waals surface area (Å²) in [5, 5.41) is 12.3. The number of rotatable bonds is 6. The van der Waals surface area contributed by atoms with Crippen molar-refractivity contribution in [3.05, 3.63) is 16.7 Å². The number of hydrogen-bond donors (Lipinski definition) is 3. The molecule has 1 heterocycles. The summed E-state index contributed by atoms with van der Waals surface area (Å²) in [5.74, 6) is -0.306. The summed E-state index contributed by atoms with van der Waals surface area (Å²) in [5.41, 5.74) is -0.634. The number of aromatic nitrogens is 2. The molecule has 1 saturated carbocycles. The summed E-state index contributed by atoms with van der Waals surface area (Å²) in [6, 6.07) is 0. The fourth-order valence-electron chi connectivity index (χ4n) is 3.01. The largest absolute Gasteiger partial charge is 0.489 e. The van der Waals surface area contributed by atoms with E-state index < -0.39 is 5.97 Å². The molecule has 0 radical (unpaired) electrons. The maximum absolute atomic E-state index is 11.6. The minimum Gasteiger partial charge on any atom is -0.489 e. The third-order valence-electron chi connectivity index (χ3n) is 4.09. The van der Waals surface area contributed by atoms with E-state index in [9.17, 15) is 9.59 Å². The van der Waals surface area contributed by atoms with Crippen molar-refractivity contribution < 1.29 is 14.6 Å². The first kappa shape index (κ1) is 15.3. The number of nitrogens with one attached hydrogen (secondary N) is 2. The number of ether oxygens (including phenoxy) is 1. The molecule has 116 valence electrons. The van der Waals surface area contributed by atoms with Crippen LogP contribution in [-0.2, 0) is 4.79 Å². The zero-order chi connectivity index (χ0) is 15.3. The van der Waals surface area contributed by atoms with Crippen LogP contribution in [0.1, 0.15) is 38.5 Å². The molecule has 7 heteroatoms. The first-order valence-corrected chi connectivity index (χ1v) is 7.14. The van der Waals surface area contributed by atoms with Crippen LogP contribution >= 0.6 is 0 Å². The summed E-state index contributed by atoms with van der Waals surface area (Å²) >= 11 is 0. The molecule has 1 aromatic rings. The van der Waals surface area contributed by atoms with Crippen LogP contribution in [0.25, 0.3) is 0 Å². The number of H-pyrrole nitrogens is 1. The molecule has 3 N–H and O–H groups in total. The average molecular weight is 295 g/mol. The van der Waals surface area contributed by atoms with E-state index in [2.05, 4.69) is 15.3 Å². The minimum absolute atomic E-state index is 0.124. The monoisotopic (exact) mass is 295 g/mol. The SMILES string of the molecule is COc1c(NCC2(CC(=O)O)CCCCC2)nc[nH]c1=O. The second kappa shape index (κ2) is 6.60. The zero-order valence-electron chi connectivity index (χ0n) is 12.1. The van der Waals surface area contributed by atoms with Gasteiger partial charge in [-0.15, -0.1) is 0 Å². The molecular formula is C14H21N3O4. The van der Waals surface area contributed by atoms with Gasteiger partial charge in [-0.3, -0.25) is 9.59 Å². The van der Waals surface area contributed by atoms with Crippen LogP contribution in [0.15, 0.2) is 11.1 Å². The van der Waals surface area contributed by atoms with Gasteiger partial charge in [-0.05, 0) is 18.3 Å². The molecule has 0 aliphatic heterocycles. The standard InChI is InChI=1S/C14H21N3O4/c1-21-11-12(16-9-17-13(11)20)15-8-14(7-10(18)19)5-3-2-4-6-14/h9H,2-8H2,1H3,(H,18,19)(H2,15,16,17,20). The Morgan fingerprint density at radius 1 is 1.48 bits per heavy atom. The molecule has 0 unspecified atom stereocenters. The molecular weight excluding hydrogens is 274 g/mol. The highest BCUT2D eigenvalue weighted by Crippen LogP contribution is 2.39. The van der Waals surface area contributed by atoms with Gasteiger partial charge in [-0.1, -0.05) is 19.3 Å². The van der Waals surface area contributed by atoms with Gasteiger partial charge >= 0.3 is 5.97 Å². The van der Waals surface area contributed by atoms with Crippen LogP contribution in [0.2, 0.25) is 0 Å². The summed E-state index contributed by atoms with van der Waals surface area (Å²) in [6.45, 7) is 0.478. The Balaban J connectivity index is 2.13. The van der Waals surface area contributed by atoms with Crippen molar-refractivity contribution in [3.63, 3.8) is 0 Å². The van der Waals surface area contributed by atoms with Crippen molar-refractivity contribution in [1.29, 1.82) is 0 Å². The number of hydrogen-bond acceptors (Lipinski definition) is 5. The van der Waals surface area contributed by atoms with Gasteiger partial charge in [0.05, 0.1) is 19.9 Å². The highest BCUT2D eigenvalue weighted by Gasteiger charge is 2.34. The van der Waals surface area contributed by atoms with Crippen LogP contribution in [0.5, 0.6) is 5.75 Å². The lowest BCUT2D eigenvalue weighted by atomic mass is 9.71. The molecule has 1 aliphatic rings. The molecule has 0 bridgehead atoms. The van der Waals surface area contributed by atoms with Crippen molar-refractivity contribution in [2.75, 3.05) is 19.0 Å². The second-order valence-corrected chi connectivity index (χ2v) is 5.60. The molecule has 1 aromatic heterocycles. The minimum atomic E-state index is -0.787. The summed E-state index contributed by atoms with van der Waals surface area (Å²) in [6.07, 6.45) is 6.40. The number of carbonyl (C=O) groups is 1. The predicted octanol–water partition coefficient (Wildman–Crippen LogP) is 1.62. The van der Waals surface area contributed by atoms with Gasteiger partial charge in [-0.25, -0.2) is 4.98 Å². The van der Waals surface area contributed by atoms with Crippen molar-refractivity contribution in [1.82, 2.24) is 9.97 Å². The first-order chi connectivity index (χ1) is 10.1. The maximum atomic E-state index is 11.6. The van der Waals surface area contributed by atoms with Crippen molar-refractivity contribution in [2.45, 2.75) is 38.5 Å². The Kier molecular flexibility index (Phi) is 4.82. The fourth-order valence-corrected chi connectivity index (χ4v) is 3.01. The van der Waals surface area contributed by atoms with Crippen molar-refractivity contribution in [2.24, 2.45) is 5.41 Å². The molecule has 0 atom stereocenters. The van der Waals surface area contributed by atoms with Gasteiger partial charge in [0.2, 0.25) is 5.75 Å². The normalized spacial score (nSPS) is 17.2. The van der Waals surface area contributed by atoms with Gasteiger partial charge < -0.3 is 20.1 Å². The van der Waals surface area contributed by atoms with E-state index in [1.54, 1.807) is 0 Å². The first-order valence-electron chi connectivity index (χ1n) is 7.14. The van der Waals surface area contributed by atoms with Gasteiger partial charge in [-0.2, -0.15) is 0 Å². The van der Waals surface area contributed by atoms with Gasteiger partial charge in [0.25, 0.3) is 5.56 Å². The van der Waals surface area contributed by atoms with E-state index in [0.717, 1.165) is 32.1 Å². The Morgan fingerprint density at radius 3 is 2.81 bits per heavy atom. The van der Waals surface area contributed by atoms with Crippen LogP contribution in [0, 0.1) is 5.41 Å². The fraction of sp³-hybridized carbons (Fsp3) is 0.643. The van der Waals surface area contributed by atoms with E-state index in [0.29, 0.717) is 12.4 Å². The van der Waals surface area contributed by atoms with Gasteiger partial charge in [0.1, 0.15) is 0 Å². The zero-order valence-corrected chi connectivity index (χ0v) is 12.1. The Labute approximate surface area is 122 Å². The number of carboxylic acids is 1. The van der Waals surface area contributed by atoms with E-state index in [1.807, 2.05) is 0 Å². The number of nitrogens with zero attached hydrogens (tertiary/aromatic N) is 1. The number of methoxy groups -OCH3 is 1. The molecule has 0 spiro atoms. The van der Waals surface area contributed by atoms with Gasteiger partial charge in [0.15, 0.2) is 5.82 Å². The highest BCUT2D eigenvalue weighted by molar-refractivity contribution is 5.68. The third kappa shape index (κ3) is 3.74. The molecule has 0 amide bonds. The number of carboxylic acid groups (broad SMARTS) is 1. The van der Waals surface area contributed by atoms with E-state index in [1.165, 1.54) is 13.4 Å². The molecule has 1 aliphatic carbocycles. The molecule has 0 saturated heterocycles. The number of aliphatic carboxylic acids is 1. The smallest absolute Gasteiger partial charge is 0.303 e. The number of anilines is 1. The predicted molar refractivity (Wildman–Crippen MR) is 77.7 cm³/mol. The van der Waals surface area contributed by atoms with E-state index in [4.69, 9.17) is 9.84 Å². The molecule has 0 aromatic carbocycles. The molecule has 1 fully saturated rings. The van der Waals surface area contributed by atoms with E-state index >= 15 is 0 Å². The Hall–Kier alpha value is -2.05. The van der Waals surface area contributed by atoms with Crippen LogP contribution in [-0.4, -0.2) is 34.7 Å². The van der Waals surface area contributed by atoms with Crippen molar-refractivity contribution >= 4 is 11.8 Å². The highest BCUT2D eigenvalue weighted by atomic mass is 16.5.